The van der Waals surface area contributed by atoms with E-state index in [2.05, 4.69) is 57.2 Å². The zero-order chi connectivity index (χ0) is 13.2. The van der Waals surface area contributed by atoms with Gasteiger partial charge in [0.1, 0.15) is 0 Å². The second kappa shape index (κ2) is 8.97. The Morgan fingerprint density at radius 2 is 1.67 bits per heavy atom. The quantitative estimate of drug-likeness (QED) is 0.501. The van der Waals surface area contributed by atoms with E-state index in [1.165, 1.54) is 43.2 Å². The van der Waals surface area contributed by atoms with Crippen molar-refractivity contribution in [2.45, 2.75) is 65.2 Å². The fraction of sp³-hybridized carbons (Fsp3) is 0.556. The Bertz CT molecular complexity index is 332. The Labute approximate surface area is 113 Å². The molecule has 0 aromatic heterocycles. The third kappa shape index (κ3) is 5.08. The van der Waals surface area contributed by atoms with Crippen LogP contribution in [0.5, 0.6) is 0 Å². The molecule has 0 aliphatic rings. The van der Waals surface area contributed by atoms with Crippen molar-refractivity contribution in [2.24, 2.45) is 0 Å². The lowest BCUT2D eigenvalue weighted by molar-refractivity contribution is 0.620. The van der Waals surface area contributed by atoms with Gasteiger partial charge in [0.25, 0.3) is 0 Å². The molecule has 1 rings (SSSR count). The highest BCUT2D eigenvalue weighted by Gasteiger charge is 2.08. The van der Waals surface area contributed by atoms with E-state index >= 15 is 0 Å². The molecule has 1 unspecified atom stereocenters. The van der Waals surface area contributed by atoms with Gasteiger partial charge in [-0.3, -0.25) is 0 Å². The first-order valence-electron chi connectivity index (χ1n) is 7.55. The van der Waals surface area contributed by atoms with E-state index in [0.29, 0.717) is 5.92 Å². The first kappa shape index (κ1) is 15.0. The Morgan fingerprint density at radius 1 is 0.944 bits per heavy atom. The zero-order valence-corrected chi connectivity index (χ0v) is 12.3. The van der Waals surface area contributed by atoms with E-state index < -0.39 is 0 Å². The van der Waals surface area contributed by atoms with Crippen molar-refractivity contribution in [3.05, 3.63) is 47.5 Å². The molecule has 0 aliphatic carbocycles. The topological polar surface area (TPSA) is 0 Å². The van der Waals surface area contributed by atoms with E-state index in [-0.39, 0.29) is 0 Å². The van der Waals surface area contributed by atoms with Crippen molar-refractivity contribution >= 4 is 0 Å². The molecular weight excluding hydrogens is 216 g/mol. The van der Waals surface area contributed by atoms with E-state index in [9.17, 15) is 0 Å². The molecule has 0 bridgehead atoms. The maximum atomic E-state index is 2.35. The molecule has 0 N–H and O–H groups in total. The molecule has 0 radical (unpaired) electrons. The minimum Gasteiger partial charge on any atom is -0.0888 e. The maximum Gasteiger partial charge on any atom is -0.0127 e. The fourth-order valence-corrected chi connectivity index (χ4v) is 2.44. The summed E-state index contributed by atoms with van der Waals surface area (Å²) in [5, 5.41) is 0. The van der Waals surface area contributed by atoms with Crippen molar-refractivity contribution in [2.75, 3.05) is 0 Å². The smallest absolute Gasteiger partial charge is 0.0127 e. The van der Waals surface area contributed by atoms with Crippen LogP contribution in [0.2, 0.25) is 0 Å². The lowest BCUT2D eigenvalue weighted by atomic mass is 9.90. The zero-order valence-electron chi connectivity index (χ0n) is 12.3. The van der Waals surface area contributed by atoms with Gasteiger partial charge in [-0.05, 0) is 42.7 Å². The predicted molar refractivity (Wildman–Crippen MR) is 82.1 cm³/mol. The van der Waals surface area contributed by atoms with Gasteiger partial charge in [0.2, 0.25) is 0 Å². The highest BCUT2D eigenvalue weighted by molar-refractivity contribution is 5.26. The molecule has 18 heavy (non-hydrogen) atoms. The van der Waals surface area contributed by atoms with Crippen LogP contribution in [0.3, 0.4) is 0 Å². The Morgan fingerprint density at radius 3 is 2.22 bits per heavy atom. The number of hydrogen-bond acceptors (Lipinski definition) is 0. The highest BCUT2D eigenvalue weighted by Crippen LogP contribution is 2.26. The number of allylic oxidation sites excluding steroid dienone is 2. The van der Waals surface area contributed by atoms with E-state index in [4.69, 9.17) is 0 Å². The second-order valence-corrected chi connectivity index (χ2v) is 5.09. The number of rotatable bonds is 8. The number of hydrogen-bond donors (Lipinski definition) is 0. The van der Waals surface area contributed by atoms with Gasteiger partial charge >= 0.3 is 0 Å². The molecule has 1 aromatic carbocycles. The summed E-state index contributed by atoms with van der Waals surface area (Å²) in [6, 6.07) is 9.30. The highest BCUT2D eigenvalue weighted by atomic mass is 14.1. The van der Waals surface area contributed by atoms with Crippen molar-refractivity contribution in [1.29, 1.82) is 0 Å². The minimum absolute atomic E-state index is 0.702. The standard InChI is InChI=1S/C18H28/c1-4-7-8-11-17(10-6-3)18-14-12-16(9-5-2)13-15-18/h7-8,12-15,17H,4-6,9-11H2,1-3H3/b8-7-. The predicted octanol–water partition coefficient (Wildman–Crippen LogP) is 5.88. The van der Waals surface area contributed by atoms with Gasteiger partial charge in [-0.2, -0.15) is 0 Å². The fourth-order valence-electron chi connectivity index (χ4n) is 2.44. The summed E-state index contributed by atoms with van der Waals surface area (Å²) < 4.78 is 0. The van der Waals surface area contributed by atoms with Gasteiger partial charge in [0.15, 0.2) is 0 Å². The lowest BCUT2D eigenvalue weighted by Crippen LogP contribution is -1.98. The summed E-state index contributed by atoms with van der Waals surface area (Å²) in [6.07, 6.45) is 12.0. The molecule has 0 fully saturated rings. The number of aryl methyl sites for hydroxylation is 1. The molecule has 0 saturated carbocycles. The van der Waals surface area contributed by atoms with Crippen LogP contribution in [0.25, 0.3) is 0 Å². The van der Waals surface area contributed by atoms with Gasteiger partial charge < -0.3 is 0 Å². The summed E-state index contributed by atoms with van der Waals surface area (Å²) in [4.78, 5) is 0. The minimum atomic E-state index is 0.702. The van der Waals surface area contributed by atoms with Crippen LogP contribution in [-0.2, 0) is 6.42 Å². The lowest BCUT2D eigenvalue weighted by Gasteiger charge is -2.15. The molecular formula is C18H28. The van der Waals surface area contributed by atoms with Gasteiger partial charge in [0.05, 0.1) is 0 Å². The molecule has 0 aliphatic heterocycles. The first-order valence-corrected chi connectivity index (χ1v) is 7.55. The summed E-state index contributed by atoms with van der Waals surface area (Å²) in [7, 11) is 0. The van der Waals surface area contributed by atoms with Crippen molar-refractivity contribution in [1.82, 2.24) is 0 Å². The van der Waals surface area contributed by atoms with E-state index in [1.54, 1.807) is 0 Å². The molecule has 0 nitrogen and oxygen atoms in total. The average molecular weight is 244 g/mol. The van der Waals surface area contributed by atoms with Gasteiger partial charge in [-0.1, -0.05) is 70.0 Å². The van der Waals surface area contributed by atoms with Crippen LogP contribution in [0.4, 0.5) is 0 Å². The summed E-state index contributed by atoms with van der Waals surface area (Å²) in [5.41, 5.74) is 2.98. The van der Waals surface area contributed by atoms with Crippen LogP contribution in [0.1, 0.15) is 69.9 Å². The normalized spacial score (nSPS) is 13.1. The molecule has 0 spiro atoms. The van der Waals surface area contributed by atoms with Crippen LogP contribution in [-0.4, -0.2) is 0 Å². The molecule has 0 heterocycles. The number of benzene rings is 1. The van der Waals surface area contributed by atoms with E-state index in [0.717, 1.165) is 6.42 Å². The Kier molecular flexibility index (Phi) is 7.48. The van der Waals surface area contributed by atoms with Crippen LogP contribution >= 0.6 is 0 Å². The Balaban J connectivity index is 2.68. The average Bonchev–Trinajstić information content (AvgIpc) is 2.39. The van der Waals surface area contributed by atoms with Crippen molar-refractivity contribution in [3.63, 3.8) is 0 Å². The molecule has 100 valence electrons. The Hall–Kier alpha value is -1.04. The van der Waals surface area contributed by atoms with Gasteiger partial charge in [-0.15, -0.1) is 0 Å². The van der Waals surface area contributed by atoms with Crippen molar-refractivity contribution in [3.8, 4) is 0 Å². The van der Waals surface area contributed by atoms with Gasteiger partial charge in [-0.25, -0.2) is 0 Å². The molecule has 0 heteroatoms. The van der Waals surface area contributed by atoms with Crippen LogP contribution in [0.15, 0.2) is 36.4 Å². The monoisotopic (exact) mass is 244 g/mol. The SMILES string of the molecule is CC/C=C\CC(CCC)c1ccc(CCC)cc1. The van der Waals surface area contributed by atoms with E-state index in [1.807, 2.05) is 0 Å². The molecule has 1 atom stereocenters. The maximum absolute atomic E-state index is 2.35. The first-order chi connectivity index (χ1) is 8.81. The summed E-state index contributed by atoms with van der Waals surface area (Å²) >= 11 is 0. The summed E-state index contributed by atoms with van der Waals surface area (Å²) in [5.74, 6) is 0.702. The van der Waals surface area contributed by atoms with Gasteiger partial charge in [0, 0.05) is 0 Å². The third-order valence-electron chi connectivity index (χ3n) is 3.45. The van der Waals surface area contributed by atoms with Crippen molar-refractivity contribution < 1.29 is 0 Å². The third-order valence-corrected chi connectivity index (χ3v) is 3.45. The summed E-state index contributed by atoms with van der Waals surface area (Å²) in [6.45, 7) is 6.72. The van der Waals surface area contributed by atoms with Crippen LogP contribution < -0.4 is 0 Å². The van der Waals surface area contributed by atoms with Crippen LogP contribution in [0, 0.1) is 0 Å². The largest absolute Gasteiger partial charge is 0.0888 e. The molecule has 1 aromatic rings. The molecule has 0 saturated heterocycles. The second-order valence-electron chi connectivity index (χ2n) is 5.09. The molecule has 0 amide bonds.